The SMILES string of the molecule is CC1CN(C)C(C)CC1Nc1ccc(OC(F)F)cc1. The quantitative estimate of drug-likeness (QED) is 0.916. The molecule has 0 amide bonds. The van der Waals surface area contributed by atoms with E-state index >= 15 is 0 Å². The maximum atomic E-state index is 12.1. The molecule has 1 heterocycles. The van der Waals surface area contributed by atoms with E-state index in [1.54, 1.807) is 24.3 Å². The van der Waals surface area contributed by atoms with Gasteiger partial charge in [0.1, 0.15) is 5.75 Å². The molecule has 1 N–H and O–H groups in total. The van der Waals surface area contributed by atoms with Crippen molar-refractivity contribution >= 4 is 5.69 Å². The molecule has 0 spiro atoms. The summed E-state index contributed by atoms with van der Waals surface area (Å²) in [5.74, 6) is 0.739. The fraction of sp³-hybridized carbons (Fsp3) is 0.600. The molecule has 1 saturated heterocycles. The first-order valence-corrected chi connectivity index (χ1v) is 6.97. The number of nitrogens with zero attached hydrogens (tertiary/aromatic N) is 1. The lowest BCUT2D eigenvalue weighted by Crippen LogP contribution is -2.48. The molecule has 0 aromatic heterocycles. The normalized spacial score (nSPS) is 27.6. The molecule has 0 aliphatic carbocycles. The van der Waals surface area contributed by atoms with Crippen LogP contribution in [0.4, 0.5) is 14.5 Å². The lowest BCUT2D eigenvalue weighted by molar-refractivity contribution is -0.0498. The first-order chi connectivity index (χ1) is 9.45. The van der Waals surface area contributed by atoms with Crippen molar-refractivity contribution in [2.75, 3.05) is 18.9 Å². The molecule has 1 aliphatic heterocycles. The van der Waals surface area contributed by atoms with E-state index in [0.29, 0.717) is 18.0 Å². The molecule has 3 unspecified atom stereocenters. The Morgan fingerprint density at radius 2 is 1.90 bits per heavy atom. The van der Waals surface area contributed by atoms with Crippen LogP contribution in [0.2, 0.25) is 0 Å². The highest BCUT2D eigenvalue weighted by molar-refractivity contribution is 5.47. The summed E-state index contributed by atoms with van der Waals surface area (Å²) in [5, 5.41) is 3.49. The summed E-state index contributed by atoms with van der Waals surface area (Å²) in [6, 6.07) is 7.66. The number of hydrogen-bond acceptors (Lipinski definition) is 3. The largest absolute Gasteiger partial charge is 0.435 e. The molecular formula is C15H22F2N2O. The van der Waals surface area contributed by atoms with Gasteiger partial charge in [0.2, 0.25) is 0 Å². The molecule has 3 nitrogen and oxygen atoms in total. The fourth-order valence-corrected chi connectivity index (χ4v) is 2.69. The minimum Gasteiger partial charge on any atom is -0.435 e. The molecule has 0 radical (unpaired) electrons. The smallest absolute Gasteiger partial charge is 0.387 e. The van der Waals surface area contributed by atoms with E-state index in [4.69, 9.17) is 0 Å². The number of hydrogen-bond donors (Lipinski definition) is 1. The molecule has 5 heteroatoms. The van der Waals surface area contributed by atoms with Gasteiger partial charge in [-0.2, -0.15) is 8.78 Å². The molecule has 0 bridgehead atoms. The molecule has 20 heavy (non-hydrogen) atoms. The van der Waals surface area contributed by atoms with Crippen molar-refractivity contribution in [2.24, 2.45) is 5.92 Å². The Hall–Kier alpha value is -1.36. The average Bonchev–Trinajstić information content (AvgIpc) is 2.37. The molecule has 112 valence electrons. The van der Waals surface area contributed by atoms with Gasteiger partial charge in [0, 0.05) is 24.3 Å². The van der Waals surface area contributed by atoms with Crippen molar-refractivity contribution in [3.8, 4) is 5.75 Å². The van der Waals surface area contributed by atoms with E-state index in [1.165, 1.54) is 0 Å². The maximum Gasteiger partial charge on any atom is 0.387 e. The molecule has 1 fully saturated rings. The van der Waals surface area contributed by atoms with Gasteiger partial charge in [-0.1, -0.05) is 6.92 Å². The van der Waals surface area contributed by atoms with Crippen LogP contribution in [0.1, 0.15) is 20.3 Å². The standard InChI is InChI=1S/C15H22F2N2O/c1-10-9-19(3)11(2)8-14(10)18-12-4-6-13(7-5-12)20-15(16)17/h4-7,10-11,14-15,18H,8-9H2,1-3H3. The minimum absolute atomic E-state index is 0.190. The Morgan fingerprint density at radius 1 is 1.25 bits per heavy atom. The van der Waals surface area contributed by atoms with E-state index < -0.39 is 6.61 Å². The average molecular weight is 284 g/mol. The number of anilines is 1. The zero-order valence-corrected chi connectivity index (χ0v) is 12.1. The lowest BCUT2D eigenvalue weighted by atomic mass is 9.89. The van der Waals surface area contributed by atoms with Crippen LogP contribution in [0.25, 0.3) is 0 Å². The Morgan fingerprint density at radius 3 is 2.50 bits per heavy atom. The molecule has 3 atom stereocenters. The summed E-state index contributed by atoms with van der Waals surface area (Å²) in [5.41, 5.74) is 0.945. The van der Waals surface area contributed by atoms with Crippen LogP contribution in [0.5, 0.6) is 5.75 Å². The zero-order valence-electron chi connectivity index (χ0n) is 12.1. The topological polar surface area (TPSA) is 24.5 Å². The Balaban J connectivity index is 1.95. The second-order valence-corrected chi connectivity index (χ2v) is 5.66. The third-order valence-electron chi connectivity index (χ3n) is 4.04. The Kier molecular flexibility index (Phi) is 4.81. The number of ether oxygens (including phenoxy) is 1. The van der Waals surface area contributed by atoms with Crippen molar-refractivity contribution in [2.45, 2.75) is 39.0 Å². The summed E-state index contributed by atoms with van der Waals surface area (Å²) in [6.07, 6.45) is 1.08. The number of likely N-dealkylation sites (tertiary alicyclic amines) is 1. The number of piperidine rings is 1. The van der Waals surface area contributed by atoms with Crippen LogP contribution in [0, 0.1) is 5.92 Å². The van der Waals surface area contributed by atoms with Crippen LogP contribution in [0.3, 0.4) is 0 Å². The van der Waals surface area contributed by atoms with Crippen molar-refractivity contribution in [1.29, 1.82) is 0 Å². The van der Waals surface area contributed by atoms with Crippen LogP contribution < -0.4 is 10.1 Å². The van der Waals surface area contributed by atoms with E-state index in [0.717, 1.165) is 18.7 Å². The van der Waals surface area contributed by atoms with E-state index in [9.17, 15) is 8.78 Å². The maximum absolute atomic E-state index is 12.1. The van der Waals surface area contributed by atoms with Gasteiger partial charge >= 0.3 is 6.61 Å². The molecular weight excluding hydrogens is 262 g/mol. The molecule has 2 rings (SSSR count). The van der Waals surface area contributed by atoms with Gasteiger partial charge < -0.3 is 15.0 Å². The third-order valence-corrected chi connectivity index (χ3v) is 4.04. The van der Waals surface area contributed by atoms with Crippen LogP contribution in [0.15, 0.2) is 24.3 Å². The fourth-order valence-electron chi connectivity index (χ4n) is 2.69. The summed E-state index contributed by atoms with van der Waals surface area (Å²) < 4.78 is 28.5. The second kappa shape index (κ2) is 6.39. The highest BCUT2D eigenvalue weighted by atomic mass is 19.3. The zero-order chi connectivity index (χ0) is 14.7. The summed E-state index contributed by atoms with van der Waals surface area (Å²) in [4.78, 5) is 2.36. The highest BCUT2D eigenvalue weighted by Gasteiger charge is 2.28. The number of halogens is 2. The summed E-state index contributed by atoms with van der Waals surface area (Å²) in [6.45, 7) is 2.74. The van der Waals surface area contributed by atoms with Crippen molar-refractivity contribution < 1.29 is 13.5 Å². The number of benzene rings is 1. The number of alkyl halides is 2. The van der Waals surface area contributed by atoms with E-state index in [-0.39, 0.29) is 5.75 Å². The van der Waals surface area contributed by atoms with Gasteiger partial charge in [0.25, 0.3) is 0 Å². The Bertz CT molecular complexity index is 424. The summed E-state index contributed by atoms with van der Waals surface area (Å²) in [7, 11) is 2.15. The van der Waals surface area contributed by atoms with Crippen molar-refractivity contribution in [3.63, 3.8) is 0 Å². The summed E-state index contributed by atoms with van der Waals surface area (Å²) >= 11 is 0. The van der Waals surface area contributed by atoms with Gasteiger partial charge in [-0.15, -0.1) is 0 Å². The van der Waals surface area contributed by atoms with Gasteiger partial charge in [-0.3, -0.25) is 0 Å². The predicted octanol–water partition coefficient (Wildman–Crippen LogP) is 3.43. The molecule has 0 saturated carbocycles. The second-order valence-electron chi connectivity index (χ2n) is 5.66. The molecule has 1 aliphatic rings. The molecule has 1 aromatic carbocycles. The van der Waals surface area contributed by atoms with Gasteiger partial charge in [0.15, 0.2) is 0 Å². The number of nitrogens with one attached hydrogen (secondary N) is 1. The van der Waals surface area contributed by atoms with E-state index in [2.05, 4.69) is 35.8 Å². The van der Waals surface area contributed by atoms with Gasteiger partial charge in [-0.25, -0.2) is 0 Å². The first kappa shape index (κ1) is 15.0. The highest BCUT2D eigenvalue weighted by Crippen LogP contribution is 2.25. The van der Waals surface area contributed by atoms with Gasteiger partial charge in [0.05, 0.1) is 0 Å². The van der Waals surface area contributed by atoms with Crippen molar-refractivity contribution in [3.05, 3.63) is 24.3 Å². The minimum atomic E-state index is -2.77. The van der Waals surface area contributed by atoms with Crippen LogP contribution in [-0.2, 0) is 0 Å². The lowest BCUT2D eigenvalue weighted by Gasteiger charge is -2.40. The first-order valence-electron chi connectivity index (χ1n) is 6.97. The monoisotopic (exact) mass is 284 g/mol. The third kappa shape index (κ3) is 3.82. The molecule has 1 aromatic rings. The van der Waals surface area contributed by atoms with Crippen LogP contribution >= 0.6 is 0 Å². The van der Waals surface area contributed by atoms with Gasteiger partial charge in [-0.05, 0) is 50.6 Å². The predicted molar refractivity (Wildman–Crippen MR) is 76.4 cm³/mol. The van der Waals surface area contributed by atoms with Crippen molar-refractivity contribution in [1.82, 2.24) is 4.90 Å². The Labute approximate surface area is 118 Å². The van der Waals surface area contributed by atoms with Crippen LogP contribution in [-0.4, -0.2) is 37.2 Å². The van der Waals surface area contributed by atoms with E-state index in [1.807, 2.05) is 0 Å². The number of rotatable bonds is 4.